The van der Waals surface area contributed by atoms with Crippen LogP contribution in [0.5, 0.6) is 0 Å². The van der Waals surface area contributed by atoms with Gasteiger partial charge in [-0.15, -0.1) is 0 Å². The standard InChI is InChI=1S/C21H26ClN7O2/c1-11-17(22)6-15(7-21(11,31-5)16-8-26-28(9-16)14(4)30)13(3)29-20-18(12(2)27-29)19(23)24-10-25-20/h6,8-10,13-14,30H,7H2,1-5H3,(H2,23,24,25). The summed E-state index contributed by atoms with van der Waals surface area (Å²) in [6.07, 6.45) is 6.70. The Bertz CT molecular complexity index is 1210. The maximum Gasteiger partial charge on any atom is 0.164 e. The van der Waals surface area contributed by atoms with Crippen molar-refractivity contribution in [1.29, 1.82) is 0 Å². The minimum absolute atomic E-state index is 0.159. The number of hydrogen-bond donors (Lipinski definition) is 2. The van der Waals surface area contributed by atoms with Gasteiger partial charge in [0.2, 0.25) is 0 Å². The van der Waals surface area contributed by atoms with Crippen LogP contribution in [0.4, 0.5) is 5.82 Å². The summed E-state index contributed by atoms with van der Waals surface area (Å²) in [6.45, 7) is 7.53. The first kappa shape index (κ1) is 21.5. The zero-order valence-corrected chi connectivity index (χ0v) is 18.9. The summed E-state index contributed by atoms with van der Waals surface area (Å²) in [5.74, 6) is 0.407. The highest BCUT2D eigenvalue weighted by Crippen LogP contribution is 2.47. The molecule has 0 amide bonds. The lowest BCUT2D eigenvalue weighted by molar-refractivity contribution is 0.0148. The number of methoxy groups -OCH3 is 1. The lowest BCUT2D eigenvalue weighted by atomic mass is 9.77. The lowest BCUT2D eigenvalue weighted by Gasteiger charge is -2.38. The molecule has 31 heavy (non-hydrogen) atoms. The van der Waals surface area contributed by atoms with Gasteiger partial charge in [-0.05, 0) is 44.9 Å². The second-order valence-electron chi connectivity index (χ2n) is 7.90. The number of aromatic nitrogens is 6. The zero-order valence-electron chi connectivity index (χ0n) is 18.2. The summed E-state index contributed by atoms with van der Waals surface area (Å²) >= 11 is 6.70. The molecule has 9 nitrogen and oxygen atoms in total. The number of rotatable bonds is 5. The normalized spacial score (nSPS) is 21.5. The van der Waals surface area contributed by atoms with Crippen LogP contribution >= 0.6 is 11.6 Å². The van der Waals surface area contributed by atoms with Gasteiger partial charge >= 0.3 is 0 Å². The van der Waals surface area contributed by atoms with Gasteiger partial charge in [0.1, 0.15) is 24.0 Å². The molecule has 164 valence electrons. The van der Waals surface area contributed by atoms with E-state index >= 15 is 0 Å². The van der Waals surface area contributed by atoms with Crippen molar-refractivity contribution in [2.24, 2.45) is 0 Å². The van der Waals surface area contributed by atoms with Crippen LogP contribution < -0.4 is 5.73 Å². The molecule has 4 rings (SSSR count). The summed E-state index contributed by atoms with van der Waals surface area (Å²) in [7, 11) is 1.66. The Balaban J connectivity index is 1.80. The molecule has 0 saturated heterocycles. The molecule has 0 fully saturated rings. The highest BCUT2D eigenvalue weighted by Gasteiger charge is 2.41. The van der Waals surface area contributed by atoms with Crippen molar-refractivity contribution < 1.29 is 9.84 Å². The lowest BCUT2D eigenvalue weighted by Crippen LogP contribution is -2.34. The molecule has 3 atom stereocenters. The topological polar surface area (TPSA) is 117 Å². The number of fused-ring (bicyclic) bond motifs is 1. The number of ether oxygens (including phenoxy) is 1. The van der Waals surface area contributed by atoms with Gasteiger partial charge in [-0.25, -0.2) is 19.3 Å². The molecular weight excluding hydrogens is 418 g/mol. The summed E-state index contributed by atoms with van der Waals surface area (Å²) in [6, 6.07) is -0.159. The van der Waals surface area contributed by atoms with Crippen LogP contribution in [0.2, 0.25) is 0 Å². The molecule has 3 aromatic rings. The predicted molar refractivity (Wildman–Crippen MR) is 118 cm³/mol. The van der Waals surface area contributed by atoms with E-state index < -0.39 is 11.8 Å². The molecule has 10 heteroatoms. The molecule has 0 spiro atoms. The van der Waals surface area contributed by atoms with Crippen molar-refractivity contribution in [2.45, 2.75) is 52.0 Å². The van der Waals surface area contributed by atoms with Crippen molar-refractivity contribution >= 4 is 28.5 Å². The number of aliphatic hydroxyl groups is 1. The molecule has 3 N–H and O–H groups in total. The SMILES string of the molecule is COC1(c2cnn(C(C)O)c2)CC(C(C)n2nc(C)c3c(N)ncnc32)=CC(Cl)=C1C. The third-order valence-corrected chi connectivity index (χ3v) is 6.52. The van der Waals surface area contributed by atoms with Crippen molar-refractivity contribution in [3.63, 3.8) is 0 Å². The fraction of sp³-hybridized carbons (Fsp3) is 0.429. The first-order chi connectivity index (χ1) is 14.7. The molecule has 0 saturated carbocycles. The molecule has 3 unspecified atom stereocenters. The molecule has 1 aliphatic carbocycles. The van der Waals surface area contributed by atoms with E-state index in [9.17, 15) is 5.11 Å². The first-order valence-corrected chi connectivity index (χ1v) is 10.4. The van der Waals surface area contributed by atoms with Gasteiger partial charge in [-0.1, -0.05) is 11.6 Å². The number of anilines is 1. The second kappa shape index (κ2) is 7.74. The quantitative estimate of drug-likeness (QED) is 0.620. The molecule has 0 bridgehead atoms. The molecular formula is C21H26ClN7O2. The zero-order chi connectivity index (χ0) is 22.5. The van der Waals surface area contributed by atoms with E-state index in [4.69, 9.17) is 22.1 Å². The van der Waals surface area contributed by atoms with Gasteiger partial charge < -0.3 is 15.6 Å². The van der Waals surface area contributed by atoms with Crippen LogP contribution in [-0.2, 0) is 10.3 Å². The number of nitrogen functional groups attached to an aromatic ring is 1. The van der Waals surface area contributed by atoms with E-state index in [1.54, 1.807) is 26.4 Å². The number of hydrogen-bond acceptors (Lipinski definition) is 7. The number of nitrogens with two attached hydrogens (primary N) is 1. The largest absolute Gasteiger partial charge is 0.383 e. The Labute approximate surface area is 185 Å². The molecule has 0 radical (unpaired) electrons. The van der Waals surface area contributed by atoms with Crippen LogP contribution in [0.1, 0.15) is 50.7 Å². The van der Waals surface area contributed by atoms with E-state index in [1.165, 1.54) is 11.0 Å². The molecule has 3 aromatic heterocycles. The number of allylic oxidation sites excluding steroid dienone is 2. The van der Waals surface area contributed by atoms with Crippen LogP contribution in [0.15, 0.2) is 41.0 Å². The van der Waals surface area contributed by atoms with E-state index in [0.717, 1.165) is 27.8 Å². The summed E-state index contributed by atoms with van der Waals surface area (Å²) in [4.78, 5) is 8.50. The van der Waals surface area contributed by atoms with Crippen molar-refractivity contribution in [2.75, 3.05) is 12.8 Å². The van der Waals surface area contributed by atoms with E-state index in [0.29, 0.717) is 22.9 Å². The number of aryl methyl sites for hydroxylation is 1. The average molecular weight is 444 g/mol. The fourth-order valence-electron chi connectivity index (χ4n) is 4.21. The molecule has 3 heterocycles. The fourth-order valence-corrected chi connectivity index (χ4v) is 4.51. The third kappa shape index (κ3) is 3.33. The van der Waals surface area contributed by atoms with Crippen LogP contribution in [0.3, 0.4) is 0 Å². The van der Waals surface area contributed by atoms with Gasteiger partial charge in [0.05, 0.1) is 23.3 Å². The minimum atomic E-state index is -0.811. The van der Waals surface area contributed by atoms with E-state index in [1.807, 2.05) is 31.5 Å². The Kier molecular flexibility index (Phi) is 5.36. The number of aliphatic hydroxyl groups excluding tert-OH is 1. The Morgan fingerprint density at radius 3 is 2.68 bits per heavy atom. The summed E-state index contributed by atoms with van der Waals surface area (Å²) in [5, 5.41) is 20.2. The molecule has 0 aromatic carbocycles. The van der Waals surface area contributed by atoms with Gasteiger partial charge in [0.15, 0.2) is 5.65 Å². The van der Waals surface area contributed by atoms with Crippen LogP contribution in [-0.4, -0.2) is 41.7 Å². The smallest absolute Gasteiger partial charge is 0.164 e. The van der Waals surface area contributed by atoms with Crippen LogP contribution in [0, 0.1) is 6.92 Å². The van der Waals surface area contributed by atoms with Gasteiger partial charge in [-0.3, -0.25) is 0 Å². The third-order valence-electron chi connectivity index (χ3n) is 6.12. The van der Waals surface area contributed by atoms with Crippen molar-refractivity contribution in [3.8, 4) is 0 Å². The van der Waals surface area contributed by atoms with Crippen molar-refractivity contribution in [3.05, 3.63) is 52.2 Å². The number of halogens is 1. The Hall–Kier alpha value is -2.75. The van der Waals surface area contributed by atoms with E-state index in [-0.39, 0.29) is 6.04 Å². The highest BCUT2D eigenvalue weighted by molar-refractivity contribution is 6.31. The van der Waals surface area contributed by atoms with Crippen molar-refractivity contribution in [1.82, 2.24) is 29.5 Å². The average Bonchev–Trinajstić information content (AvgIpc) is 3.36. The maximum atomic E-state index is 9.90. The monoisotopic (exact) mass is 443 g/mol. The van der Waals surface area contributed by atoms with Gasteiger partial charge in [0.25, 0.3) is 0 Å². The number of nitrogens with zero attached hydrogens (tertiary/aromatic N) is 6. The first-order valence-electron chi connectivity index (χ1n) is 10.00. The predicted octanol–water partition coefficient (Wildman–Crippen LogP) is 3.37. The maximum absolute atomic E-state index is 9.90. The van der Waals surface area contributed by atoms with Crippen LogP contribution in [0.25, 0.3) is 11.0 Å². The molecule has 1 aliphatic rings. The second-order valence-corrected chi connectivity index (χ2v) is 8.31. The van der Waals surface area contributed by atoms with Gasteiger partial charge in [0, 0.05) is 30.3 Å². The van der Waals surface area contributed by atoms with E-state index in [2.05, 4.69) is 20.2 Å². The Morgan fingerprint density at radius 1 is 1.29 bits per heavy atom. The Morgan fingerprint density at radius 2 is 2.03 bits per heavy atom. The molecule has 0 aliphatic heterocycles. The highest BCUT2D eigenvalue weighted by atomic mass is 35.5. The summed E-state index contributed by atoms with van der Waals surface area (Å²) in [5.41, 5.74) is 9.40. The summed E-state index contributed by atoms with van der Waals surface area (Å²) < 4.78 is 9.41. The van der Waals surface area contributed by atoms with Gasteiger partial charge in [-0.2, -0.15) is 10.2 Å². The minimum Gasteiger partial charge on any atom is -0.383 e.